The Hall–Kier alpha value is -0.0400. The molecule has 14 heavy (non-hydrogen) atoms. The van der Waals surface area contributed by atoms with Gasteiger partial charge in [0.2, 0.25) is 0 Å². The van der Waals surface area contributed by atoms with Gasteiger partial charge in [-0.15, -0.1) is 0 Å². The molecular formula is C13H27N. The molecule has 0 amide bonds. The van der Waals surface area contributed by atoms with Crippen molar-refractivity contribution < 1.29 is 0 Å². The summed E-state index contributed by atoms with van der Waals surface area (Å²) in [5, 5.41) is 3.64. The Morgan fingerprint density at radius 1 is 1.21 bits per heavy atom. The molecule has 1 nitrogen and oxygen atoms in total. The molecule has 0 heterocycles. The maximum absolute atomic E-state index is 3.64. The Labute approximate surface area is 89.7 Å². The molecule has 0 radical (unpaired) electrons. The summed E-state index contributed by atoms with van der Waals surface area (Å²) in [7, 11) is 0. The Morgan fingerprint density at radius 2 is 1.86 bits per heavy atom. The first-order valence-electron chi connectivity index (χ1n) is 6.31. The molecule has 1 N–H and O–H groups in total. The monoisotopic (exact) mass is 197 g/mol. The lowest BCUT2D eigenvalue weighted by molar-refractivity contribution is 0.0552. The predicted octanol–water partition coefficient (Wildman–Crippen LogP) is 3.45. The number of hydrogen-bond donors (Lipinski definition) is 1. The highest BCUT2D eigenvalue weighted by atomic mass is 14.9. The van der Waals surface area contributed by atoms with E-state index in [1.165, 1.54) is 38.8 Å². The molecule has 0 spiro atoms. The van der Waals surface area contributed by atoms with E-state index in [2.05, 4.69) is 33.0 Å². The average Bonchev–Trinajstić information content (AvgIpc) is 2.08. The molecule has 0 aliphatic heterocycles. The second-order valence-corrected chi connectivity index (χ2v) is 5.55. The first-order valence-corrected chi connectivity index (χ1v) is 6.31. The van der Waals surface area contributed by atoms with E-state index in [-0.39, 0.29) is 0 Å². The molecule has 1 unspecified atom stereocenters. The van der Waals surface area contributed by atoms with Crippen molar-refractivity contribution in [3.63, 3.8) is 0 Å². The van der Waals surface area contributed by atoms with E-state index in [1.807, 2.05) is 0 Å². The Kier molecular flexibility index (Phi) is 4.43. The third-order valence-electron chi connectivity index (χ3n) is 4.04. The minimum Gasteiger partial charge on any atom is -0.316 e. The van der Waals surface area contributed by atoms with Gasteiger partial charge in [0, 0.05) is 6.54 Å². The summed E-state index contributed by atoms with van der Waals surface area (Å²) in [6.45, 7) is 11.7. The summed E-state index contributed by atoms with van der Waals surface area (Å²) in [6.07, 6.45) is 5.69. The molecule has 84 valence electrons. The Morgan fingerprint density at radius 3 is 2.21 bits per heavy atom. The van der Waals surface area contributed by atoms with Crippen LogP contribution in [0.4, 0.5) is 0 Å². The van der Waals surface area contributed by atoms with Crippen molar-refractivity contribution in [1.29, 1.82) is 0 Å². The second kappa shape index (κ2) is 5.16. The van der Waals surface area contributed by atoms with Gasteiger partial charge in [0.25, 0.3) is 0 Å². The lowest BCUT2D eigenvalue weighted by atomic mass is 9.61. The van der Waals surface area contributed by atoms with Crippen LogP contribution in [-0.2, 0) is 0 Å². The van der Waals surface area contributed by atoms with Gasteiger partial charge in [-0.1, -0.05) is 40.5 Å². The number of hydrogen-bond acceptors (Lipinski definition) is 1. The highest BCUT2D eigenvalue weighted by molar-refractivity contribution is 4.93. The molecule has 0 bridgehead atoms. The molecule has 1 rings (SSSR count). The van der Waals surface area contributed by atoms with Crippen molar-refractivity contribution in [2.75, 3.05) is 13.1 Å². The molecule has 1 aliphatic carbocycles. The van der Waals surface area contributed by atoms with E-state index < -0.39 is 0 Å². The summed E-state index contributed by atoms with van der Waals surface area (Å²) in [6, 6.07) is 0. The highest BCUT2D eigenvalue weighted by Gasteiger charge is 2.40. The molecule has 0 aromatic rings. The topological polar surface area (TPSA) is 12.0 Å². The highest BCUT2D eigenvalue weighted by Crippen LogP contribution is 2.47. The van der Waals surface area contributed by atoms with Crippen LogP contribution in [0.1, 0.15) is 53.4 Å². The van der Waals surface area contributed by atoms with Gasteiger partial charge < -0.3 is 5.32 Å². The van der Waals surface area contributed by atoms with Crippen LogP contribution in [0.3, 0.4) is 0 Å². The van der Waals surface area contributed by atoms with Gasteiger partial charge in [0.15, 0.2) is 0 Å². The van der Waals surface area contributed by atoms with Crippen LogP contribution >= 0.6 is 0 Å². The van der Waals surface area contributed by atoms with Crippen LogP contribution in [-0.4, -0.2) is 13.1 Å². The molecule has 1 saturated carbocycles. The quantitative estimate of drug-likeness (QED) is 0.687. The van der Waals surface area contributed by atoms with Gasteiger partial charge in [-0.05, 0) is 36.6 Å². The summed E-state index contributed by atoms with van der Waals surface area (Å²) >= 11 is 0. The van der Waals surface area contributed by atoms with Crippen LogP contribution in [0.15, 0.2) is 0 Å². The number of nitrogens with one attached hydrogen (secondary N) is 1. The third kappa shape index (κ3) is 2.73. The van der Waals surface area contributed by atoms with Gasteiger partial charge in [-0.25, -0.2) is 0 Å². The van der Waals surface area contributed by atoms with Crippen molar-refractivity contribution >= 4 is 0 Å². The fourth-order valence-corrected chi connectivity index (χ4v) is 2.52. The van der Waals surface area contributed by atoms with Crippen LogP contribution in [0.25, 0.3) is 0 Å². The SMILES string of the molecule is CCC(C)C1(CNCC(C)C)CCC1. The van der Waals surface area contributed by atoms with Crippen molar-refractivity contribution in [1.82, 2.24) is 5.32 Å². The minimum absolute atomic E-state index is 0.656. The fourth-order valence-electron chi connectivity index (χ4n) is 2.52. The zero-order chi connectivity index (χ0) is 10.6. The predicted molar refractivity (Wildman–Crippen MR) is 63.4 cm³/mol. The normalized spacial score (nSPS) is 22.1. The average molecular weight is 197 g/mol. The zero-order valence-electron chi connectivity index (χ0n) is 10.4. The lowest BCUT2D eigenvalue weighted by Gasteiger charge is -2.47. The Bertz CT molecular complexity index is 159. The van der Waals surface area contributed by atoms with Crippen LogP contribution in [0.2, 0.25) is 0 Å². The van der Waals surface area contributed by atoms with Crippen LogP contribution in [0.5, 0.6) is 0 Å². The maximum atomic E-state index is 3.64. The van der Waals surface area contributed by atoms with Crippen molar-refractivity contribution in [2.24, 2.45) is 17.3 Å². The Balaban J connectivity index is 2.30. The summed E-state index contributed by atoms with van der Waals surface area (Å²) < 4.78 is 0. The largest absolute Gasteiger partial charge is 0.316 e. The summed E-state index contributed by atoms with van der Waals surface area (Å²) in [5.74, 6) is 1.68. The molecule has 0 aromatic heterocycles. The van der Waals surface area contributed by atoms with Crippen molar-refractivity contribution in [2.45, 2.75) is 53.4 Å². The molecule has 1 heteroatoms. The van der Waals surface area contributed by atoms with Crippen LogP contribution < -0.4 is 5.32 Å². The smallest absolute Gasteiger partial charge is 0.00105 e. The van der Waals surface area contributed by atoms with Gasteiger partial charge in [-0.3, -0.25) is 0 Å². The number of rotatable bonds is 6. The first-order chi connectivity index (χ1) is 6.60. The second-order valence-electron chi connectivity index (χ2n) is 5.55. The standard InChI is InChI=1S/C13H27N/c1-5-12(4)13(7-6-8-13)10-14-9-11(2)3/h11-12,14H,5-10H2,1-4H3. The molecule has 0 aromatic carbocycles. The van der Waals surface area contributed by atoms with E-state index in [4.69, 9.17) is 0 Å². The van der Waals surface area contributed by atoms with E-state index in [9.17, 15) is 0 Å². The molecule has 0 saturated heterocycles. The van der Waals surface area contributed by atoms with Crippen LogP contribution in [0, 0.1) is 17.3 Å². The van der Waals surface area contributed by atoms with Gasteiger partial charge in [0.1, 0.15) is 0 Å². The van der Waals surface area contributed by atoms with E-state index in [0.717, 1.165) is 11.8 Å². The fraction of sp³-hybridized carbons (Fsp3) is 1.00. The van der Waals surface area contributed by atoms with Crippen molar-refractivity contribution in [3.05, 3.63) is 0 Å². The summed E-state index contributed by atoms with van der Waals surface area (Å²) in [5.41, 5.74) is 0.656. The molecule has 1 atom stereocenters. The molecule has 1 aliphatic rings. The van der Waals surface area contributed by atoms with Gasteiger partial charge in [-0.2, -0.15) is 0 Å². The van der Waals surface area contributed by atoms with E-state index >= 15 is 0 Å². The lowest BCUT2D eigenvalue weighted by Crippen LogP contribution is -2.45. The van der Waals surface area contributed by atoms with Gasteiger partial charge in [0.05, 0.1) is 0 Å². The van der Waals surface area contributed by atoms with E-state index in [1.54, 1.807) is 0 Å². The summed E-state index contributed by atoms with van der Waals surface area (Å²) in [4.78, 5) is 0. The first kappa shape index (κ1) is 12.0. The van der Waals surface area contributed by atoms with Gasteiger partial charge >= 0.3 is 0 Å². The zero-order valence-corrected chi connectivity index (χ0v) is 10.4. The van der Waals surface area contributed by atoms with Crippen molar-refractivity contribution in [3.8, 4) is 0 Å². The minimum atomic E-state index is 0.656. The van der Waals surface area contributed by atoms with E-state index in [0.29, 0.717) is 5.41 Å². The molecular weight excluding hydrogens is 170 g/mol. The molecule has 1 fully saturated rings. The third-order valence-corrected chi connectivity index (χ3v) is 4.04. The maximum Gasteiger partial charge on any atom is 0.00105 e.